The number of hydrogen-bond acceptors (Lipinski definition) is 2. The number of aryl methyl sites for hydroxylation is 1. The third-order valence-corrected chi connectivity index (χ3v) is 4.80. The number of rotatable bonds is 2. The molecule has 1 aliphatic carbocycles. The molecule has 0 spiro atoms. The number of hydrogen-bond donors (Lipinski definition) is 2. The second-order valence-corrected chi connectivity index (χ2v) is 6.41. The molecular formula is C15H20BrNO2. The molecule has 2 N–H and O–H groups in total. The smallest absolute Gasteiger partial charge is 0.251 e. The summed E-state index contributed by atoms with van der Waals surface area (Å²) in [7, 11) is 0. The van der Waals surface area contributed by atoms with Gasteiger partial charge in [0.2, 0.25) is 0 Å². The predicted octanol–water partition coefficient (Wildman–Crippen LogP) is 3.53. The summed E-state index contributed by atoms with van der Waals surface area (Å²) >= 11 is 3.68. The quantitative estimate of drug-likeness (QED) is 0.645. The van der Waals surface area contributed by atoms with Gasteiger partial charge in [-0.15, -0.1) is 0 Å². The number of amides is 1. The lowest BCUT2D eigenvalue weighted by molar-refractivity contribution is 0.0934. The number of benzene rings is 1. The van der Waals surface area contributed by atoms with Gasteiger partial charge in [0.15, 0.2) is 0 Å². The topological polar surface area (TPSA) is 49.3 Å². The van der Waals surface area contributed by atoms with Crippen molar-refractivity contribution >= 4 is 21.8 Å². The molecule has 1 fully saturated rings. The van der Waals surface area contributed by atoms with Crippen LogP contribution in [0.4, 0.5) is 0 Å². The summed E-state index contributed by atoms with van der Waals surface area (Å²) in [5.74, 6) is 0.149. The Kier molecular flexibility index (Phi) is 4.86. The third-order valence-electron chi connectivity index (χ3n) is 3.70. The van der Waals surface area contributed by atoms with Crippen molar-refractivity contribution in [2.75, 3.05) is 0 Å². The van der Waals surface area contributed by atoms with Gasteiger partial charge < -0.3 is 10.4 Å². The molecule has 3 nitrogen and oxygen atoms in total. The van der Waals surface area contributed by atoms with Crippen LogP contribution in [0.25, 0.3) is 0 Å². The number of phenols is 1. The van der Waals surface area contributed by atoms with Crippen molar-refractivity contribution in [1.29, 1.82) is 0 Å². The van der Waals surface area contributed by atoms with Crippen LogP contribution in [-0.4, -0.2) is 21.9 Å². The van der Waals surface area contributed by atoms with E-state index in [9.17, 15) is 9.90 Å². The van der Waals surface area contributed by atoms with Crippen LogP contribution in [-0.2, 0) is 0 Å². The minimum atomic E-state index is -0.0474. The van der Waals surface area contributed by atoms with Crippen molar-refractivity contribution < 1.29 is 9.90 Å². The molecule has 2 atom stereocenters. The first-order chi connectivity index (χ1) is 9.08. The van der Waals surface area contributed by atoms with E-state index in [0.717, 1.165) is 18.4 Å². The zero-order valence-corrected chi connectivity index (χ0v) is 12.7. The fraction of sp³-hybridized carbons (Fsp3) is 0.533. The molecule has 104 valence electrons. The number of carbonyl (C=O) groups is 1. The van der Waals surface area contributed by atoms with Crippen LogP contribution in [0.2, 0.25) is 0 Å². The monoisotopic (exact) mass is 325 g/mol. The Morgan fingerprint density at radius 2 is 2.05 bits per heavy atom. The highest BCUT2D eigenvalue weighted by molar-refractivity contribution is 9.09. The van der Waals surface area contributed by atoms with Gasteiger partial charge in [0.05, 0.1) is 0 Å². The highest BCUT2D eigenvalue weighted by Gasteiger charge is 2.23. The lowest BCUT2D eigenvalue weighted by atomic mass is 10.1. The molecule has 1 aromatic rings. The van der Waals surface area contributed by atoms with Gasteiger partial charge in [-0.2, -0.15) is 0 Å². The zero-order chi connectivity index (χ0) is 13.8. The van der Waals surface area contributed by atoms with Crippen molar-refractivity contribution in [3.05, 3.63) is 29.3 Å². The Morgan fingerprint density at radius 1 is 1.32 bits per heavy atom. The lowest BCUT2D eigenvalue weighted by Gasteiger charge is -2.22. The van der Waals surface area contributed by atoms with Gasteiger partial charge in [-0.3, -0.25) is 4.79 Å². The van der Waals surface area contributed by atoms with Crippen molar-refractivity contribution in [2.24, 2.45) is 0 Å². The fourth-order valence-corrected chi connectivity index (χ4v) is 3.29. The van der Waals surface area contributed by atoms with E-state index in [1.807, 2.05) is 6.92 Å². The molecule has 1 amide bonds. The number of nitrogens with one attached hydrogen (secondary N) is 1. The van der Waals surface area contributed by atoms with Crippen LogP contribution in [0.3, 0.4) is 0 Å². The Balaban J connectivity index is 2.07. The van der Waals surface area contributed by atoms with Crippen LogP contribution in [0.1, 0.15) is 48.0 Å². The Bertz CT molecular complexity index is 461. The SMILES string of the molecule is Cc1cc(O)ccc1C(=O)NC1CCCCCC1Br. The first kappa shape index (κ1) is 14.4. The van der Waals surface area contributed by atoms with Crippen LogP contribution in [0.15, 0.2) is 18.2 Å². The molecule has 0 radical (unpaired) electrons. The first-order valence-electron chi connectivity index (χ1n) is 6.82. The summed E-state index contributed by atoms with van der Waals surface area (Å²) in [5, 5.41) is 12.5. The minimum absolute atomic E-state index is 0.0474. The normalized spacial score (nSPS) is 23.7. The van der Waals surface area contributed by atoms with Crippen LogP contribution in [0, 0.1) is 6.92 Å². The van der Waals surface area contributed by atoms with Gasteiger partial charge in [0.1, 0.15) is 5.75 Å². The molecule has 1 aliphatic rings. The van der Waals surface area contributed by atoms with E-state index in [1.165, 1.54) is 19.3 Å². The van der Waals surface area contributed by atoms with E-state index in [1.54, 1.807) is 18.2 Å². The number of carbonyl (C=O) groups excluding carboxylic acids is 1. The molecule has 0 heterocycles. The highest BCUT2D eigenvalue weighted by atomic mass is 79.9. The average molecular weight is 326 g/mol. The van der Waals surface area contributed by atoms with Gasteiger partial charge in [0, 0.05) is 16.4 Å². The van der Waals surface area contributed by atoms with Crippen molar-refractivity contribution in [3.8, 4) is 5.75 Å². The van der Waals surface area contributed by atoms with Crippen molar-refractivity contribution in [3.63, 3.8) is 0 Å². The van der Waals surface area contributed by atoms with Gasteiger partial charge in [-0.05, 0) is 43.5 Å². The molecule has 0 aliphatic heterocycles. The third kappa shape index (κ3) is 3.72. The second-order valence-electron chi connectivity index (χ2n) is 5.23. The number of phenolic OH excluding ortho intramolecular Hbond substituents is 1. The maximum absolute atomic E-state index is 12.3. The molecule has 1 aromatic carbocycles. The molecule has 2 rings (SSSR count). The van der Waals surface area contributed by atoms with Crippen molar-refractivity contribution in [2.45, 2.75) is 49.9 Å². The van der Waals surface area contributed by atoms with Gasteiger partial charge >= 0.3 is 0 Å². The number of aromatic hydroxyl groups is 1. The molecule has 19 heavy (non-hydrogen) atoms. The number of alkyl halides is 1. The molecular weight excluding hydrogens is 306 g/mol. The van der Waals surface area contributed by atoms with Gasteiger partial charge in [-0.1, -0.05) is 35.2 Å². The Morgan fingerprint density at radius 3 is 2.79 bits per heavy atom. The lowest BCUT2D eigenvalue weighted by Crippen LogP contribution is -2.40. The summed E-state index contributed by atoms with van der Waals surface area (Å²) in [5.41, 5.74) is 1.44. The largest absolute Gasteiger partial charge is 0.508 e. The summed E-state index contributed by atoms with van der Waals surface area (Å²) in [6.07, 6.45) is 5.77. The van der Waals surface area contributed by atoms with Gasteiger partial charge in [0.25, 0.3) is 5.91 Å². The summed E-state index contributed by atoms with van der Waals surface area (Å²) in [6.45, 7) is 1.84. The van der Waals surface area contributed by atoms with E-state index in [-0.39, 0.29) is 17.7 Å². The van der Waals surface area contributed by atoms with Crippen LogP contribution >= 0.6 is 15.9 Å². The Hall–Kier alpha value is -1.03. The van der Waals surface area contributed by atoms with Crippen LogP contribution < -0.4 is 5.32 Å². The van der Waals surface area contributed by atoms with Crippen molar-refractivity contribution in [1.82, 2.24) is 5.32 Å². The van der Waals surface area contributed by atoms with Crippen LogP contribution in [0.5, 0.6) is 5.75 Å². The molecule has 0 saturated heterocycles. The number of halogens is 1. The maximum Gasteiger partial charge on any atom is 0.251 e. The Labute approximate surface area is 122 Å². The fourth-order valence-electron chi connectivity index (χ4n) is 2.57. The first-order valence-corrected chi connectivity index (χ1v) is 7.74. The zero-order valence-electron chi connectivity index (χ0n) is 11.2. The molecule has 4 heteroatoms. The standard InChI is InChI=1S/C15H20BrNO2/c1-10-9-11(18)7-8-12(10)15(19)17-14-6-4-2-3-5-13(14)16/h7-9,13-14,18H,2-6H2,1H3,(H,17,19). The average Bonchev–Trinajstić information content (AvgIpc) is 2.55. The molecule has 0 bridgehead atoms. The van der Waals surface area contributed by atoms with E-state index in [2.05, 4.69) is 21.2 Å². The molecule has 1 saturated carbocycles. The summed E-state index contributed by atoms with van der Waals surface area (Å²) in [4.78, 5) is 12.6. The highest BCUT2D eigenvalue weighted by Crippen LogP contribution is 2.24. The molecule has 0 aromatic heterocycles. The maximum atomic E-state index is 12.3. The second kappa shape index (κ2) is 6.42. The minimum Gasteiger partial charge on any atom is -0.508 e. The summed E-state index contributed by atoms with van der Waals surface area (Å²) in [6, 6.07) is 5.05. The predicted molar refractivity (Wildman–Crippen MR) is 79.9 cm³/mol. The van der Waals surface area contributed by atoms with E-state index in [4.69, 9.17) is 0 Å². The molecule has 2 unspecified atom stereocenters. The van der Waals surface area contributed by atoms with E-state index in [0.29, 0.717) is 10.4 Å². The van der Waals surface area contributed by atoms with Gasteiger partial charge in [-0.25, -0.2) is 0 Å². The van der Waals surface area contributed by atoms with E-state index < -0.39 is 0 Å². The van der Waals surface area contributed by atoms with E-state index >= 15 is 0 Å². The summed E-state index contributed by atoms with van der Waals surface area (Å²) < 4.78 is 0.